The molecule has 11 rings (SSSR count). The van der Waals surface area contributed by atoms with Gasteiger partial charge in [-0.2, -0.15) is 0 Å². The summed E-state index contributed by atoms with van der Waals surface area (Å²) in [5, 5.41) is 4.99. The number of fused-ring (bicyclic) bond motifs is 3. The van der Waals surface area contributed by atoms with E-state index >= 15 is 0 Å². The van der Waals surface area contributed by atoms with Crippen molar-refractivity contribution >= 4 is 38.6 Å². The summed E-state index contributed by atoms with van der Waals surface area (Å²) >= 11 is 0. The third kappa shape index (κ3) is 7.26. The van der Waals surface area contributed by atoms with Gasteiger partial charge in [-0.25, -0.2) is 0 Å². The Balaban J connectivity index is 1.09. The van der Waals surface area contributed by atoms with Gasteiger partial charge in [-0.1, -0.05) is 218 Å². The lowest BCUT2D eigenvalue weighted by molar-refractivity contribution is 1.28. The summed E-state index contributed by atoms with van der Waals surface area (Å²) in [7, 11) is 0. The van der Waals surface area contributed by atoms with Crippen molar-refractivity contribution in [3.63, 3.8) is 0 Å². The first-order valence-corrected chi connectivity index (χ1v) is 21.7. The summed E-state index contributed by atoms with van der Waals surface area (Å²) in [6, 6.07) is 94.6. The molecular weight excluding hydrogens is 759 g/mol. The summed E-state index contributed by atoms with van der Waals surface area (Å²) < 4.78 is 0. The molecule has 63 heavy (non-hydrogen) atoms. The Morgan fingerprint density at radius 1 is 0.206 bits per heavy atom. The van der Waals surface area contributed by atoms with Crippen LogP contribution in [0.3, 0.4) is 0 Å². The number of para-hydroxylation sites is 1. The van der Waals surface area contributed by atoms with Crippen LogP contribution in [-0.4, -0.2) is 0 Å². The van der Waals surface area contributed by atoms with E-state index in [1.807, 2.05) is 0 Å². The predicted molar refractivity (Wildman–Crippen MR) is 269 cm³/mol. The van der Waals surface area contributed by atoms with E-state index in [1.54, 1.807) is 0 Å². The molecule has 296 valence electrons. The number of hydrogen-bond acceptors (Lipinski definition) is 1. The van der Waals surface area contributed by atoms with Crippen LogP contribution >= 0.6 is 0 Å². The largest absolute Gasteiger partial charge is 0.310 e. The highest BCUT2D eigenvalue weighted by Gasteiger charge is 2.21. The quantitative estimate of drug-likeness (QED) is 0.131. The van der Waals surface area contributed by atoms with Crippen molar-refractivity contribution in [2.24, 2.45) is 0 Å². The maximum Gasteiger partial charge on any atom is 0.0540 e. The van der Waals surface area contributed by atoms with Crippen molar-refractivity contribution in [3.05, 3.63) is 261 Å². The normalized spacial score (nSPS) is 11.2. The van der Waals surface area contributed by atoms with Gasteiger partial charge in [0.15, 0.2) is 0 Å². The molecule has 1 heteroatoms. The molecule has 0 bridgehead atoms. The van der Waals surface area contributed by atoms with Crippen LogP contribution in [0.15, 0.2) is 261 Å². The van der Waals surface area contributed by atoms with Crippen LogP contribution in [0.5, 0.6) is 0 Å². The Bertz CT molecular complexity index is 3280. The highest BCUT2D eigenvalue weighted by atomic mass is 15.1. The molecule has 0 aliphatic rings. The minimum Gasteiger partial charge on any atom is -0.310 e. The van der Waals surface area contributed by atoms with Crippen LogP contribution in [0.1, 0.15) is 0 Å². The summed E-state index contributed by atoms with van der Waals surface area (Å²) in [4.78, 5) is 2.43. The Morgan fingerprint density at radius 2 is 0.619 bits per heavy atom. The van der Waals surface area contributed by atoms with Gasteiger partial charge in [-0.3, -0.25) is 0 Å². The van der Waals surface area contributed by atoms with Gasteiger partial charge in [0.05, 0.1) is 5.69 Å². The summed E-state index contributed by atoms with van der Waals surface area (Å²) in [5.41, 5.74) is 17.6. The fraction of sp³-hybridized carbons (Fsp3) is 0. The number of rotatable bonds is 9. The van der Waals surface area contributed by atoms with Gasteiger partial charge in [-0.15, -0.1) is 0 Å². The van der Waals surface area contributed by atoms with Gasteiger partial charge in [0.1, 0.15) is 0 Å². The van der Waals surface area contributed by atoms with E-state index in [4.69, 9.17) is 0 Å². The molecule has 11 aromatic carbocycles. The zero-order valence-corrected chi connectivity index (χ0v) is 34.8. The first-order valence-electron chi connectivity index (χ1n) is 21.7. The van der Waals surface area contributed by atoms with Gasteiger partial charge in [0, 0.05) is 16.9 Å². The molecule has 0 unspecified atom stereocenters. The minimum absolute atomic E-state index is 1.08. The van der Waals surface area contributed by atoms with Gasteiger partial charge < -0.3 is 4.90 Å². The molecule has 0 heterocycles. The third-order valence-corrected chi connectivity index (χ3v) is 12.2. The van der Waals surface area contributed by atoms with E-state index in [0.717, 1.165) is 22.6 Å². The number of nitrogens with zero attached hydrogens (tertiary/aromatic N) is 1. The fourth-order valence-corrected chi connectivity index (χ4v) is 9.27. The third-order valence-electron chi connectivity index (χ3n) is 12.2. The molecule has 11 aromatic rings. The Morgan fingerprint density at radius 3 is 1.17 bits per heavy atom. The van der Waals surface area contributed by atoms with Crippen molar-refractivity contribution in [1.82, 2.24) is 0 Å². The summed E-state index contributed by atoms with van der Waals surface area (Å²) in [6.45, 7) is 0. The SMILES string of the molecule is c1ccc(-c2cc(-c3ccccc3)cc(N(c3ccc(-c4ccc5c(-c6ccccc6)c(-c6ccccc6)c6ccccc6c5c4)cc3)c3ccccc3-c3ccccc3)c2)cc1. The van der Waals surface area contributed by atoms with Crippen molar-refractivity contribution in [2.45, 2.75) is 0 Å². The van der Waals surface area contributed by atoms with Crippen LogP contribution in [-0.2, 0) is 0 Å². The van der Waals surface area contributed by atoms with Crippen LogP contribution < -0.4 is 4.90 Å². The molecule has 0 fully saturated rings. The molecule has 1 nitrogen and oxygen atoms in total. The maximum absolute atomic E-state index is 2.43. The molecular formula is C62H43N. The van der Waals surface area contributed by atoms with Gasteiger partial charge in [0.2, 0.25) is 0 Å². The molecule has 0 spiro atoms. The zero-order valence-electron chi connectivity index (χ0n) is 34.8. The van der Waals surface area contributed by atoms with Crippen molar-refractivity contribution in [1.29, 1.82) is 0 Å². The maximum atomic E-state index is 2.43. The Labute approximate surface area is 369 Å². The highest BCUT2D eigenvalue weighted by Crippen LogP contribution is 2.47. The van der Waals surface area contributed by atoms with Crippen LogP contribution in [0, 0.1) is 0 Å². The molecule has 0 radical (unpaired) electrons. The van der Waals surface area contributed by atoms with E-state index in [-0.39, 0.29) is 0 Å². The molecule has 0 atom stereocenters. The molecule has 0 N–H and O–H groups in total. The second kappa shape index (κ2) is 16.7. The van der Waals surface area contributed by atoms with Gasteiger partial charge in [0.25, 0.3) is 0 Å². The average Bonchev–Trinajstić information content (AvgIpc) is 3.37. The molecule has 0 saturated heterocycles. The number of anilines is 3. The molecule has 0 saturated carbocycles. The summed E-state index contributed by atoms with van der Waals surface area (Å²) in [6.07, 6.45) is 0. The first kappa shape index (κ1) is 37.7. The molecule has 0 amide bonds. The summed E-state index contributed by atoms with van der Waals surface area (Å²) in [5.74, 6) is 0. The zero-order chi connectivity index (χ0) is 42.0. The van der Waals surface area contributed by atoms with Gasteiger partial charge >= 0.3 is 0 Å². The number of hydrogen-bond donors (Lipinski definition) is 0. The van der Waals surface area contributed by atoms with Crippen molar-refractivity contribution in [3.8, 4) is 66.8 Å². The van der Waals surface area contributed by atoms with E-state index in [2.05, 4.69) is 266 Å². The topological polar surface area (TPSA) is 3.24 Å². The molecule has 0 aliphatic carbocycles. The monoisotopic (exact) mass is 801 g/mol. The van der Waals surface area contributed by atoms with E-state index < -0.39 is 0 Å². The van der Waals surface area contributed by atoms with Crippen LogP contribution in [0.2, 0.25) is 0 Å². The lowest BCUT2D eigenvalue weighted by Crippen LogP contribution is -2.11. The first-order chi connectivity index (χ1) is 31.3. The van der Waals surface area contributed by atoms with Crippen molar-refractivity contribution in [2.75, 3.05) is 4.90 Å². The molecule has 0 aromatic heterocycles. The average molecular weight is 802 g/mol. The minimum atomic E-state index is 1.08. The van der Waals surface area contributed by atoms with Crippen LogP contribution in [0.4, 0.5) is 17.1 Å². The standard InChI is InChI=1S/C62H43N/c1-6-20-44(21-7-1)51-40-52(45-22-8-2-9-23-45)42-54(41-51)63(60-33-19-18-30-55(60)47-24-10-3-11-25-47)53-37-34-46(35-38-53)50-36-39-58-59(43-50)56-31-16-17-32-57(56)61(48-26-12-4-13-27-48)62(58)49-28-14-5-15-29-49/h1-43H. The Hall–Kier alpha value is -8.26. The Kier molecular flexibility index (Phi) is 9.97. The smallest absolute Gasteiger partial charge is 0.0540 e. The number of benzene rings is 11. The van der Waals surface area contributed by atoms with Crippen LogP contribution in [0.25, 0.3) is 88.3 Å². The molecule has 0 aliphatic heterocycles. The predicted octanol–water partition coefficient (Wildman–Crippen LogP) is 17.5. The lowest BCUT2D eigenvalue weighted by Gasteiger charge is -2.29. The van der Waals surface area contributed by atoms with E-state index in [0.29, 0.717) is 0 Å². The second-order valence-electron chi connectivity index (χ2n) is 16.1. The lowest BCUT2D eigenvalue weighted by atomic mass is 9.84. The van der Waals surface area contributed by atoms with E-state index in [9.17, 15) is 0 Å². The second-order valence-corrected chi connectivity index (χ2v) is 16.1. The van der Waals surface area contributed by atoms with Crippen molar-refractivity contribution < 1.29 is 0 Å². The van der Waals surface area contributed by atoms with E-state index in [1.165, 1.54) is 82.7 Å². The van der Waals surface area contributed by atoms with Gasteiger partial charge in [-0.05, 0) is 125 Å². The highest BCUT2D eigenvalue weighted by molar-refractivity contribution is 6.22. The fourth-order valence-electron chi connectivity index (χ4n) is 9.27.